The molecule has 15 aromatic rings. The molecule has 28 nitrogen and oxygen atoms in total. The van der Waals surface area contributed by atoms with Crippen LogP contribution in [-0.4, -0.2) is 176 Å². The van der Waals surface area contributed by atoms with E-state index in [0.29, 0.717) is 130 Å². The van der Waals surface area contributed by atoms with Crippen LogP contribution in [0.1, 0.15) is 79.2 Å². The molecule has 0 unspecified atom stereocenters. The number of aliphatic hydroxyl groups excluding tert-OH is 2. The molecule has 17 N–H and O–H groups in total. The summed E-state index contributed by atoms with van der Waals surface area (Å²) in [6.07, 6.45) is 2.12. The molecule has 5 aromatic heterocycles. The number of methoxy groups -OCH3 is 1. The third-order valence-electron chi connectivity index (χ3n) is 25.4. The number of ether oxygens (including phenoxy) is 1. The van der Waals surface area contributed by atoms with Gasteiger partial charge in [-0.05, 0) is 240 Å². The molecule has 10 amide bonds. The Balaban J connectivity index is 0.000000128. The first-order valence-corrected chi connectivity index (χ1v) is 46.7. The molecule has 0 saturated carbocycles. The maximum absolute atomic E-state index is 14.5. The van der Waals surface area contributed by atoms with Gasteiger partial charge in [0, 0.05) is 120 Å². The van der Waals surface area contributed by atoms with E-state index in [2.05, 4.69) is 78.1 Å². The molecule has 0 bridgehead atoms. The van der Waals surface area contributed by atoms with E-state index < -0.39 is 77.5 Å². The number of rotatable bonds is 26. The summed E-state index contributed by atoms with van der Waals surface area (Å²) in [6.45, 7) is 1.90. The highest BCUT2D eigenvalue weighted by molar-refractivity contribution is 6.35. The zero-order chi connectivity index (χ0) is 101. The van der Waals surface area contributed by atoms with Crippen molar-refractivity contribution in [3.05, 3.63) is 292 Å². The number of amides is 10. The predicted octanol–water partition coefficient (Wildman–Crippen LogP) is 13.6. The Bertz CT molecular complexity index is 7300. The number of carbonyl (C=O) groups is 10. The van der Waals surface area contributed by atoms with Gasteiger partial charge in [0.25, 0.3) is 0 Å². The Hall–Kier alpha value is -16.0. The minimum Gasteiger partial charge on any atom is -0.495 e. The van der Waals surface area contributed by atoms with Crippen molar-refractivity contribution < 1.29 is 98.0 Å². The Morgan fingerprint density at radius 3 is 0.979 bits per heavy atom. The van der Waals surface area contributed by atoms with Crippen LogP contribution in [0.25, 0.3) is 111 Å². The van der Waals surface area contributed by atoms with Gasteiger partial charge in [-0.3, -0.25) is 47.9 Å². The molecule has 10 heterocycles. The topological polar surface area (TPSA) is 420 Å². The second-order valence-corrected chi connectivity index (χ2v) is 35.2. The molecule has 0 radical (unpaired) electrons. The second-order valence-electron chi connectivity index (χ2n) is 34.8. The van der Waals surface area contributed by atoms with Crippen molar-refractivity contribution in [2.45, 2.75) is 126 Å². The number of nitrogens with one attached hydrogen (secondary N) is 15. The van der Waals surface area contributed by atoms with Gasteiger partial charge >= 0.3 is 0 Å². The Morgan fingerprint density at radius 2 is 0.622 bits per heavy atom. The van der Waals surface area contributed by atoms with Crippen LogP contribution in [0.4, 0.5) is 35.1 Å². The number of H-pyrrole nitrogens is 5. The lowest BCUT2D eigenvalue weighted by molar-refractivity contribution is -0.128. The van der Waals surface area contributed by atoms with E-state index in [1.165, 1.54) is 72.8 Å². The summed E-state index contributed by atoms with van der Waals surface area (Å²) in [5, 5.41) is 49.9. The fourth-order valence-corrected chi connectivity index (χ4v) is 18.5. The van der Waals surface area contributed by atoms with Gasteiger partial charge < -0.3 is 93.0 Å². The van der Waals surface area contributed by atoms with E-state index in [9.17, 15) is 93.3 Å². The summed E-state index contributed by atoms with van der Waals surface area (Å²) >= 11 is 6.36. The van der Waals surface area contributed by atoms with Gasteiger partial charge in [0.15, 0.2) is 0 Å². The Kier molecular flexibility index (Phi) is 31.6. The van der Waals surface area contributed by atoms with Gasteiger partial charge in [-0.25, -0.2) is 35.1 Å². The first-order chi connectivity index (χ1) is 69.0. The SMILES string of the molecule is COc1cccc2c(CCC(=O)N[C@H]3CCNC3=O)c(-c3ccc(F)cc3)[nH]c12.O=C(CCc1c(-c2ccc(F)cc2)[nH]c2c(F)ccc(F)c12)N[C@H]1CCNC1=O.O=C(CCc1c(-c2ccc(F)cc2)[nH]c2c(F)cccc12)N[C@@H]1C(=O)NC[C@H]1O.O=C(CCc1c(-c2ccc(F)cc2)[nH]c2c(F)cccc12)N[C@H]1CCNC1=O.O=C(CCc1c(-c2ccccc2)[nH]c2c(Cl)cccc12)N[C@@H]1C(=O)NC[C@H]1O. The van der Waals surface area contributed by atoms with E-state index in [-0.39, 0.29) is 139 Å². The lowest BCUT2D eigenvalue weighted by Crippen LogP contribution is -2.45. The molecule has 5 aliphatic heterocycles. The highest BCUT2D eigenvalue weighted by Crippen LogP contribution is 2.41. The summed E-state index contributed by atoms with van der Waals surface area (Å²) in [7, 11) is 1.60. The molecule has 143 heavy (non-hydrogen) atoms. The van der Waals surface area contributed by atoms with E-state index in [0.717, 1.165) is 78.7 Å². The van der Waals surface area contributed by atoms with Crippen molar-refractivity contribution in [2.24, 2.45) is 0 Å². The second kappa shape index (κ2) is 45.1. The number of aliphatic hydroxyl groups is 2. The smallest absolute Gasteiger partial charge is 0.245 e. The average Bonchev–Trinajstić information content (AvgIpc) is 1.62. The van der Waals surface area contributed by atoms with Crippen molar-refractivity contribution in [1.29, 1.82) is 0 Å². The van der Waals surface area contributed by atoms with E-state index in [1.807, 2.05) is 66.7 Å². The molecule has 20 rings (SSSR count). The molecule has 0 aliphatic carbocycles. The number of para-hydroxylation sites is 4. The third kappa shape index (κ3) is 23.4. The van der Waals surface area contributed by atoms with Crippen LogP contribution in [0.5, 0.6) is 5.75 Å². The molecule has 37 heteroatoms. The lowest BCUT2D eigenvalue weighted by Gasteiger charge is -2.13. The van der Waals surface area contributed by atoms with E-state index in [1.54, 1.807) is 67.8 Å². The molecule has 5 aliphatic rings. The standard InChI is InChI=1S/C22H22FN3O3.C21H20ClN3O3.C21H18F3N3O2.C21H19F2N3O3.C21H19F2N3O2/c1-29-18-4-2-3-15-16(9-10-19(27)25-17-11-12-24-22(17)28)20(26-21(15)18)13-5-7-14(23)8-6-13;22-15-8-4-7-13-14(18(25-19(13)15)12-5-2-1-3-6-12)9-10-17(27)24-20-16(26)11-23-21(20)28;22-12-3-1-11(2-4-12)19-13(18-14(23)6-7-15(24)20(18)27-19)5-8-17(28)26-16-9-10-25-21(16)29;22-12-6-4-11(5-7-12)18-14(13-2-1-3-15(23)19(13)26-18)8-9-17(28)25-20-16(27)10-24-21(20)29;22-13-6-4-12(5-7-13)19-15(14-2-1-3-16(23)20(14)26-19)8-9-18(27)25-17-10-11-24-21(17)28/h2-8,17,26H,9-12H2,1H3,(H,24,28)(H,25,27);1-8,16,20,25-26H,9-11H2,(H,23,28)(H,24,27);1-4,6-7,16,27H,5,8-10H2,(H,25,29)(H,26,28);1-7,16,20,26-27H,8-10H2,(H,24,29)(H,25,28);1-7,17,26H,8-11H2,(H,24,28)(H,25,27)/t17-;16-,20+;16-;16-,20+;17-/m01010/s1. The normalized spacial score (nSPS) is 17.3. The molecule has 738 valence electrons. The van der Waals surface area contributed by atoms with Crippen molar-refractivity contribution >= 4 is 125 Å². The molecule has 10 aromatic carbocycles. The number of β-amino-alcohol motifs (C(OH)–C–C–N with tert-alkyl or cyclic N) is 2. The number of fused-ring (bicyclic) bond motifs is 5. The molecular formula is C106H98ClF8N15O13. The van der Waals surface area contributed by atoms with Gasteiger partial charge in [0.1, 0.15) is 94.7 Å². The number of halogens is 9. The number of aromatic nitrogens is 5. The first-order valence-electron chi connectivity index (χ1n) is 46.4. The fraction of sp³-hybridized carbons (Fsp3) is 0.245. The van der Waals surface area contributed by atoms with Crippen LogP contribution in [-0.2, 0) is 80.0 Å². The number of benzene rings is 10. The quantitative estimate of drug-likeness (QED) is 0.0224. The van der Waals surface area contributed by atoms with Crippen LogP contribution in [0.2, 0.25) is 5.02 Å². The minimum absolute atomic E-state index is 0.00472. The zero-order valence-electron chi connectivity index (χ0n) is 76.8. The van der Waals surface area contributed by atoms with Crippen LogP contribution >= 0.6 is 11.6 Å². The maximum Gasteiger partial charge on any atom is 0.245 e. The van der Waals surface area contributed by atoms with Crippen molar-refractivity contribution in [3.8, 4) is 62.0 Å². The van der Waals surface area contributed by atoms with Gasteiger partial charge in [-0.1, -0.05) is 90.5 Å². The number of hydrogen-bond donors (Lipinski definition) is 17. The van der Waals surface area contributed by atoms with Crippen LogP contribution < -0.4 is 57.9 Å². The minimum atomic E-state index is -0.973. The van der Waals surface area contributed by atoms with Crippen molar-refractivity contribution in [3.63, 3.8) is 0 Å². The van der Waals surface area contributed by atoms with Crippen LogP contribution in [0.3, 0.4) is 0 Å². The molecule has 5 saturated heterocycles. The van der Waals surface area contributed by atoms with Gasteiger partial charge in [-0.15, -0.1) is 0 Å². The highest BCUT2D eigenvalue weighted by Gasteiger charge is 2.37. The Morgan fingerprint density at radius 1 is 0.322 bits per heavy atom. The summed E-state index contributed by atoms with van der Waals surface area (Å²) in [5.41, 5.74) is 13.4. The summed E-state index contributed by atoms with van der Waals surface area (Å²) in [5.74, 6) is -5.60. The summed E-state index contributed by atoms with van der Waals surface area (Å²) in [4.78, 5) is 136. The number of hydrogen-bond acceptors (Lipinski definition) is 13. The third-order valence-corrected chi connectivity index (χ3v) is 25.8. The Labute approximate surface area is 816 Å². The van der Waals surface area contributed by atoms with E-state index >= 15 is 0 Å². The van der Waals surface area contributed by atoms with Crippen molar-refractivity contribution in [1.82, 2.24) is 78.1 Å². The number of carbonyl (C=O) groups excluding carboxylic acids is 10. The van der Waals surface area contributed by atoms with Gasteiger partial charge in [-0.2, -0.15) is 0 Å². The van der Waals surface area contributed by atoms with Crippen LogP contribution in [0.15, 0.2) is 212 Å². The predicted molar refractivity (Wildman–Crippen MR) is 522 cm³/mol. The summed E-state index contributed by atoms with van der Waals surface area (Å²) in [6, 6.07) is 52.9. The van der Waals surface area contributed by atoms with Crippen LogP contribution in [0, 0.1) is 46.5 Å². The molecule has 0 spiro atoms. The molecule has 5 fully saturated rings. The lowest BCUT2D eigenvalue weighted by atomic mass is 10.0. The zero-order valence-corrected chi connectivity index (χ0v) is 77.5. The van der Waals surface area contributed by atoms with Gasteiger partial charge in [0.05, 0.1) is 39.7 Å². The molecular weight excluding hydrogens is 1880 g/mol. The number of aromatic amines is 5. The number of aryl methyl sites for hydroxylation is 5. The largest absolute Gasteiger partial charge is 0.495 e. The highest BCUT2D eigenvalue weighted by atomic mass is 35.5. The monoisotopic (exact) mass is 1980 g/mol. The average molecular weight is 1980 g/mol. The summed E-state index contributed by atoms with van der Waals surface area (Å²) < 4.78 is 116. The van der Waals surface area contributed by atoms with Crippen molar-refractivity contribution in [2.75, 3.05) is 39.8 Å². The molecule has 7 atom stereocenters. The van der Waals surface area contributed by atoms with Gasteiger partial charge in [0.2, 0.25) is 59.1 Å². The first kappa shape index (κ1) is 100. The maximum atomic E-state index is 14.5. The van der Waals surface area contributed by atoms with E-state index in [4.69, 9.17) is 16.3 Å². The fourth-order valence-electron chi connectivity index (χ4n) is 18.2.